The molecule has 0 spiro atoms. The molecule has 12 heteroatoms. The summed E-state index contributed by atoms with van der Waals surface area (Å²) < 4.78 is 28.8. The Hall–Kier alpha value is -5.43. The van der Waals surface area contributed by atoms with Crippen molar-refractivity contribution < 1.29 is 33.6 Å². The molecule has 0 aliphatic rings. The number of amides is 1. The Labute approximate surface area is 349 Å². The molecule has 0 aliphatic heterocycles. The summed E-state index contributed by atoms with van der Waals surface area (Å²) in [5.74, 6) is 1.87. The number of rotatable bonds is 13. The number of fused-ring (bicyclic) bond motifs is 2. The summed E-state index contributed by atoms with van der Waals surface area (Å²) in [7, 11) is 4.72. The van der Waals surface area contributed by atoms with E-state index in [2.05, 4.69) is 26.0 Å². The van der Waals surface area contributed by atoms with Crippen molar-refractivity contribution in [1.29, 1.82) is 0 Å². The Morgan fingerprint density at radius 2 is 1.34 bits per heavy atom. The lowest BCUT2D eigenvalue weighted by atomic mass is 10.0. The summed E-state index contributed by atoms with van der Waals surface area (Å²) in [6, 6.07) is 19.5. The fourth-order valence-electron chi connectivity index (χ4n) is 6.07. The molecule has 1 amide bonds. The van der Waals surface area contributed by atoms with Crippen molar-refractivity contribution in [3.8, 4) is 23.0 Å². The number of carbonyl (C=O) groups excluding carboxylic acids is 1. The van der Waals surface area contributed by atoms with Crippen molar-refractivity contribution in [1.82, 2.24) is 9.97 Å². The molecule has 4 aromatic carbocycles. The average Bonchev–Trinajstić information content (AvgIpc) is 3.78. The first kappa shape index (κ1) is 43.7. The van der Waals surface area contributed by atoms with Crippen molar-refractivity contribution in [2.75, 3.05) is 39.6 Å². The van der Waals surface area contributed by atoms with E-state index in [1.807, 2.05) is 101 Å². The smallest absolute Gasteiger partial charge is 0.414 e. The predicted octanol–water partition coefficient (Wildman–Crippen LogP) is 12.0. The first-order chi connectivity index (χ1) is 27.7. The minimum absolute atomic E-state index is 0.147. The molecule has 0 fully saturated rings. The van der Waals surface area contributed by atoms with Crippen LogP contribution in [0.4, 0.5) is 10.5 Å². The van der Waals surface area contributed by atoms with Crippen molar-refractivity contribution >= 4 is 79.2 Å². The standard InChI is InChI=1S/C26H32N2O5S.C20H21NO2S/c1-8-28(25(29)33-26(3,4)5)20-15-23-19(13-17(20)2)27-24(34-23)12-10-18-9-11-21(32-16-30-6)22(14-18)31-7;1-4-5-15-12-19-16(10-13(15)2)21-20(24-19)9-7-14-6-8-17(22)18(11-14)23-3/h9-15H,8,16H2,1-7H3;6-12,22H,4-5H2,1-3H3/b12-10+;9-7+. The highest BCUT2D eigenvalue weighted by Gasteiger charge is 2.24. The van der Waals surface area contributed by atoms with E-state index in [-0.39, 0.29) is 18.6 Å². The Morgan fingerprint density at radius 1 is 0.759 bits per heavy atom. The molecule has 2 aromatic heterocycles. The van der Waals surface area contributed by atoms with Crippen LogP contribution in [0.15, 0.2) is 60.7 Å². The van der Waals surface area contributed by atoms with E-state index in [9.17, 15) is 9.90 Å². The molecule has 58 heavy (non-hydrogen) atoms. The van der Waals surface area contributed by atoms with Gasteiger partial charge in [0.15, 0.2) is 29.8 Å². The number of anilines is 1. The molecule has 10 nitrogen and oxygen atoms in total. The maximum atomic E-state index is 12.7. The van der Waals surface area contributed by atoms with E-state index in [0.717, 1.165) is 61.0 Å². The van der Waals surface area contributed by atoms with Gasteiger partial charge >= 0.3 is 6.09 Å². The van der Waals surface area contributed by atoms with Crippen LogP contribution in [0.5, 0.6) is 23.0 Å². The van der Waals surface area contributed by atoms with Crippen LogP contribution in [-0.4, -0.2) is 61.4 Å². The zero-order chi connectivity index (χ0) is 42.0. The number of methoxy groups -OCH3 is 3. The average molecular weight is 824 g/mol. The van der Waals surface area contributed by atoms with Crippen LogP contribution in [0.25, 0.3) is 44.7 Å². The van der Waals surface area contributed by atoms with Crippen LogP contribution in [0.3, 0.4) is 0 Å². The lowest BCUT2D eigenvalue weighted by Gasteiger charge is -2.27. The van der Waals surface area contributed by atoms with Gasteiger partial charge in [-0.25, -0.2) is 14.8 Å². The van der Waals surface area contributed by atoms with E-state index >= 15 is 0 Å². The van der Waals surface area contributed by atoms with Gasteiger partial charge in [-0.2, -0.15) is 0 Å². The highest BCUT2D eigenvalue weighted by atomic mass is 32.1. The van der Waals surface area contributed by atoms with E-state index in [1.165, 1.54) is 15.8 Å². The molecular weight excluding hydrogens is 771 g/mol. The van der Waals surface area contributed by atoms with E-state index in [4.69, 9.17) is 33.7 Å². The van der Waals surface area contributed by atoms with Gasteiger partial charge < -0.3 is 28.8 Å². The molecule has 6 rings (SSSR count). The molecule has 306 valence electrons. The molecule has 0 radical (unpaired) electrons. The van der Waals surface area contributed by atoms with Gasteiger partial charge in [0.2, 0.25) is 0 Å². The molecule has 1 N–H and O–H groups in total. The summed E-state index contributed by atoms with van der Waals surface area (Å²) in [5.41, 5.74) is 7.85. The van der Waals surface area contributed by atoms with Gasteiger partial charge in [0.25, 0.3) is 0 Å². The summed E-state index contributed by atoms with van der Waals surface area (Å²) in [4.78, 5) is 23.8. The summed E-state index contributed by atoms with van der Waals surface area (Å²) in [6.07, 6.45) is 9.85. The monoisotopic (exact) mass is 823 g/mol. The molecule has 0 atom stereocenters. The van der Waals surface area contributed by atoms with Crippen LogP contribution in [0.1, 0.15) is 78.9 Å². The summed E-state index contributed by atoms with van der Waals surface area (Å²) in [6.45, 7) is 14.6. The number of aromatic nitrogens is 2. The largest absolute Gasteiger partial charge is 0.504 e. The molecule has 0 aliphatic carbocycles. The molecule has 0 saturated heterocycles. The molecule has 6 aromatic rings. The number of hydrogen-bond acceptors (Lipinski definition) is 11. The quantitative estimate of drug-likeness (QED) is 0.114. The summed E-state index contributed by atoms with van der Waals surface area (Å²) in [5, 5.41) is 11.5. The second-order valence-corrected chi connectivity index (χ2v) is 16.6. The van der Waals surface area contributed by atoms with Crippen molar-refractivity contribution in [3.05, 3.63) is 98.5 Å². The van der Waals surface area contributed by atoms with Gasteiger partial charge in [-0.1, -0.05) is 37.6 Å². The van der Waals surface area contributed by atoms with Gasteiger partial charge in [0, 0.05) is 13.7 Å². The maximum absolute atomic E-state index is 12.7. The second kappa shape index (κ2) is 19.8. The third kappa shape index (κ3) is 11.4. The lowest BCUT2D eigenvalue weighted by molar-refractivity contribution is 0.0491. The number of phenols is 1. The van der Waals surface area contributed by atoms with E-state index in [0.29, 0.717) is 23.8 Å². The van der Waals surface area contributed by atoms with Gasteiger partial charge in [0.05, 0.1) is 40.3 Å². The fourth-order valence-corrected chi connectivity index (χ4v) is 7.87. The number of aromatic hydroxyl groups is 1. The van der Waals surface area contributed by atoms with Crippen LogP contribution in [-0.2, 0) is 15.9 Å². The van der Waals surface area contributed by atoms with Crippen molar-refractivity contribution in [2.45, 2.75) is 66.9 Å². The number of aryl methyl sites for hydroxylation is 3. The normalized spacial score (nSPS) is 11.6. The Bertz CT molecular complexity index is 2410. The first-order valence-corrected chi connectivity index (χ1v) is 20.7. The molecule has 0 saturated carbocycles. The van der Waals surface area contributed by atoms with Crippen LogP contribution < -0.4 is 19.1 Å². The minimum atomic E-state index is -0.554. The third-order valence-electron chi connectivity index (χ3n) is 8.89. The number of nitrogens with zero attached hydrogens (tertiary/aromatic N) is 3. The summed E-state index contributed by atoms with van der Waals surface area (Å²) >= 11 is 3.27. The number of hydrogen-bond donors (Lipinski definition) is 1. The van der Waals surface area contributed by atoms with Gasteiger partial charge in [0.1, 0.15) is 15.6 Å². The van der Waals surface area contributed by atoms with Crippen LogP contribution in [0, 0.1) is 13.8 Å². The predicted molar refractivity (Wildman–Crippen MR) is 240 cm³/mol. The highest BCUT2D eigenvalue weighted by molar-refractivity contribution is 7.19. The molecular formula is C46H53N3O7S2. The van der Waals surface area contributed by atoms with Gasteiger partial charge in [-0.3, -0.25) is 4.90 Å². The van der Waals surface area contributed by atoms with Crippen LogP contribution in [0.2, 0.25) is 0 Å². The third-order valence-corrected chi connectivity index (χ3v) is 10.9. The zero-order valence-corrected chi connectivity index (χ0v) is 36.6. The SMILES string of the molecule is CCCc1cc2sc(/C=C/c3ccc(O)c(OC)c3)nc2cc1C.CCN(C(=O)OC(C)(C)C)c1cc2sc(/C=C/c3ccc(OCOC)c(OC)c3)nc2cc1C. The Kier molecular flexibility index (Phi) is 14.9. The number of benzene rings is 4. The lowest BCUT2D eigenvalue weighted by Crippen LogP contribution is -2.37. The topological polar surface area (TPSA) is 112 Å². The van der Waals surface area contributed by atoms with E-state index in [1.54, 1.807) is 55.0 Å². The van der Waals surface area contributed by atoms with Crippen LogP contribution >= 0.6 is 22.7 Å². The number of thiazole rings is 2. The number of phenolic OH excluding ortho intramolecular Hbond substituents is 1. The van der Waals surface area contributed by atoms with E-state index < -0.39 is 5.60 Å². The fraction of sp³-hybridized carbons (Fsp3) is 0.326. The Morgan fingerprint density at radius 3 is 1.91 bits per heavy atom. The first-order valence-electron chi connectivity index (χ1n) is 19.1. The number of carbonyl (C=O) groups is 1. The van der Waals surface area contributed by atoms with Gasteiger partial charge in [-0.05, 0) is 136 Å². The van der Waals surface area contributed by atoms with Crippen molar-refractivity contribution in [2.24, 2.45) is 0 Å². The molecule has 0 bridgehead atoms. The zero-order valence-electron chi connectivity index (χ0n) is 35.0. The second-order valence-electron chi connectivity index (χ2n) is 14.5. The maximum Gasteiger partial charge on any atom is 0.414 e. The molecule has 0 unspecified atom stereocenters. The minimum Gasteiger partial charge on any atom is -0.504 e. The number of ether oxygens (including phenoxy) is 5. The molecule has 2 heterocycles. The van der Waals surface area contributed by atoms with Crippen molar-refractivity contribution in [3.63, 3.8) is 0 Å². The van der Waals surface area contributed by atoms with Gasteiger partial charge in [-0.15, -0.1) is 22.7 Å². The Balaban J connectivity index is 0.000000234. The highest BCUT2D eigenvalue weighted by Crippen LogP contribution is 2.34.